The molecular weight excluding hydrogens is 292 g/mol. The first-order valence-electron chi connectivity index (χ1n) is 8.15. The number of hydrogen-bond acceptors (Lipinski definition) is 5. The van der Waals surface area contributed by atoms with Gasteiger partial charge in [-0.3, -0.25) is 4.90 Å². The molecule has 2 heterocycles. The van der Waals surface area contributed by atoms with Crippen LogP contribution in [0.15, 0.2) is 28.8 Å². The summed E-state index contributed by atoms with van der Waals surface area (Å²) in [5, 5.41) is 4.14. The molecule has 1 aliphatic heterocycles. The van der Waals surface area contributed by atoms with Crippen molar-refractivity contribution in [1.82, 2.24) is 10.1 Å². The van der Waals surface area contributed by atoms with E-state index in [-0.39, 0.29) is 0 Å². The van der Waals surface area contributed by atoms with Crippen molar-refractivity contribution in [2.75, 3.05) is 20.8 Å². The van der Waals surface area contributed by atoms with Crippen molar-refractivity contribution >= 4 is 0 Å². The van der Waals surface area contributed by atoms with Gasteiger partial charge in [0, 0.05) is 18.2 Å². The average Bonchev–Trinajstić information content (AvgIpc) is 3.23. The van der Waals surface area contributed by atoms with Crippen LogP contribution in [0.25, 0.3) is 0 Å². The van der Waals surface area contributed by atoms with Gasteiger partial charge >= 0.3 is 0 Å². The third-order valence-corrected chi connectivity index (χ3v) is 4.49. The van der Waals surface area contributed by atoms with Gasteiger partial charge < -0.3 is 14.0 Å². The van der Waals surface area contributed by atoms with Crippen molar-refractivity contribution in [2.45, 2.75) is 38.8 Å². The molecule has 5 nitrogen and oxygen atoms in total. The maximum absolute atomic E-state index is 5.56. The first-order valence-corrected chi connectivity index (χ1v) is 8.15. The molecule has 1 aromatic heterocycles. The van der Waals surface area contributed by atoms with Gasteiger partial charge in [-0.05, 0) is 44.0 Å². The van der Waals surface area contributed by atoms with Crippen LogP contribution in [-0.2, 0) is 13.0 Å². The summed E-state index contributed by atoms with van der Waals surface area (Å²) in [4.78, 5) is 2.43. The molecule has 0 aliphatic carbocycles. The Labute approximate surface area is 137 Å². The second-order valence-electron chi connectivity index (χ2n) is 5.88. The van der Waals surface area contributed by atoms with Gasteiger partial charge in [0.1, 0.15) is 11.5 Å². The van der Waals surface area contributed by atoms with Crippen LogP contribution >= 0.6 is 0 Å². The molecule has 0 N–H and O–H groups in total. The minimum atomic E-state index is 0.290. The summed E-state index contributed by atoms with van der Waals surface area (Å²) in [7, 11) is 3.39. The number of likely N-dealkylation sites (tertiary alicyclic amines) is 1. The molecule has 23 heavy (non-hydrogen) atoms. The fourth-order valence-corrected chi connectivity index (χ4v) is 3.21. The normalized spacial score (nSPS) is 18.3. The highest BCUT2D eigenvalue weighted by atomic mass is 16.5. The van der Waals surface area contributed by atoms with E-state index < -0.39 is 0 Å². The summed E-state index contributed by atoms with van der Waals surface area (Å²) in [6.07, 6.45) is 3.17. The molecule has 1 aromatic carbocycles. The van der Waals surface area contributed by atoms with Crippen LogP contribution in [0.4, 0.5) is 0 Å². The van der Waals surface area contributed by atoms with Crippen LogP contribution in [0.3, 0.4) is 0 Å². The first kappa shape index (κ1) is 15.9. The molecule has 3 rings (SSSR count). The highest BCUT2D eigenvalue weighted by Crippen LogP contribution is 2.35. The smallest absolute Gasteiger partial charge is 0.154 e. The molecule has 0 saturated carbocycles. The van der Waals surface area contributed by atoms with E-state index in [9.17, 15) is 0 Å². The van der Waals surface area contributed by atoms with E-state index in [4.69, 9.17) is 14.0 Å². The Bertz CT molecular complexity index is 653. The number of methoxy groups -OCH3 is 2. The third kappa shape index (κ3) is 3.34. The molecule has 5 heteroatoms. The van der Waals surface area contributed by atoms with Gasteiger partial charge in [-0.25, -0.2) is 0 Å². The van der Waals surface area contributed by atoms with E-state index in [0.29, 0.717) is 6.04 Å². The van der Waals surface area contributed by atoms with Crippen LogP contribution in [0.2, 0.25) is 0 Å². The molecule has 124 valence electrons. The standard InChI is InChI=1S/C18H24N2O3/c1-4-14-11-18(23-19-14)16-6-5-9-20(16)12-13-10-15(21-2)7-8-17(13)22-3/h7-8,10-11,16H,4-6,9,12H2,1-3H3. The van der Waals surface area contributed by atoms with Gasteiger partial charge in [-0.2, -0.15) is 0 Å². The van der Waals surface area contributed by atoms with E-state index in [0.717, 1.165) is 54.4 Å². The molecule has 1 saturated heterocycles. The molecule has 2 aromatic rings. The van der Waals surface area contributed by atoms with E-state index >= 15 is 0 Å². The lowest BCUT2D eigenvalue weighted by atomic mass is 10.1. The van der Waals surface area contributed by atoms with Gasteiger partial charge in [0.25, 0.3) is 0 Å². The van der Waals surface area contributed by atoms with Gasteiger partial charge in [-0.15, -0.1) is 0 Å². The summed E-state index contributed by atoms with van der Waals surface area (Å²) in [5.74, 6) is 2.72. The fraction of sp³-hybridized carbons (Fsp3) is 0.500. The number of ether oxygens (including phenoxy) is 2. The van der Waals surface area contributed by atoms with Crippen molar-refractivity contribution in [1.29, 1.82) is 0 Å². The Morgan fingerprint density at radius 3 is 2.83 bits per heavy atom. The van der Waals surface area contributed by atoms with Crippen LogP contribution in [0.1, 0.15) is 42.8 Å². The minimum absolute atomic E-state index is 0.290. The Balaban J connectivity index is 1.81. The molecule has 0 bridgehead atoms. The molecule has 1 unspecified atom stereocenters. The molecule has 0 spiro atoms. The second-order valence-corrected chi connectivity index (χ2v) is 5.88. The fourth-order valence-electron chi connectivity index (χ4n) is 3.21. The number of aromatic nitrogens is 1. The molecule has 1 fully saturated rings. The number of benzene rings is 1. The molecule has 0 radical (unpaired) electrons. The molecule has 1 atom stereocenters. The lowest BCUT2D eigenvalue weighted by Crippen LogP contribution is -2.22. The number of hydrogen-bond donors (Lipinski definition) is 0. The SMILES string of the molecule is CCc1cc(C2CCCN2Cc2cc(OC)ccc2OC)on1. The highest BCUT2D eigenvalue weighted by molar-refractivity contribution is 5.40. The quantitative estimate of drug-likeness (QED) is 0.815. The predicted molar refractivity (Wildman–Crippen MR) is 87.8 cm³/mol. The lowest BCUT2D eigenvalue weighted by Gasteiger charge is -2.23. The first-order chi connectivity index (χ1) is 11.2. The average molecular weight is 316 g/mol. The van der Waals surface area contributed by atoms with Crippen molar-refractivity contribution < 1.29 is 14.0 Å². The van der Waals surface area contributed by atoms with E-state index in [1.54, 1.807) is 14.2 Å². The number of aryl methyl sites for hydroxylation is 1. The van der Waals surface area contributed by atoms with Gasteiger partial charge in [-0.1, -0.05) is 12.1 Å². The summed E-state index contributed by atoms with van der Waals surface area (Å²) in [5.41, 5.74) is 2.15. The zero-order valence-electron chi connectivity index (χ0n) is 14.0. The Morgan fingerprint density at radius 1 is 1.26 bits per heavy atom. The van der Waals surface area contributed by atoms with Gasteiger partial charge in [0.05, 0.1) is 26.0 Å². The Morgan fingerprint density at radius 2 is 2.13 bits per heavy atom. The van der Waals surface area contributed by atoms with Gasteiger partial charge in [0.15, 0.2) is 5.76 Å². The minimum Gasteiger partial charge on any atom is -0.497 e. The molecular formula is C18H24N2O3. The maximum atomic E-state index is 5.56. The van der Waals surface area contributed by atoms with Crippen molar-refractivity contribution in [2.24, 2.45) is 0 Å². The summed E-state index contributed by atoms with van der Waals surface area (Å²) in [6, 6.07) is 8.31. The second kappa shape index (κ2) is 7.04. The Hall–Kier alpha value is -2.01. The summed E-state index contributed by atoms with van der Waals surface area (Å²) in [6.45, 7) is 3.95. The van der Waals surface area contributed by atoms with Crippen LogP contribution < -0.4 is 9.47 Å². The van der Waals surface area contributed by atoms with Gasteiger partial charge in [0.2, 0.25) is 0 Å². The van der Waals surface area contributed by atoms with Crippen molar-refractivity contribution in [3.8, 4) is 11.5 Å². The maximum Gasteiger partial charge on any atom is 0.154 e. The summed E-state index contributed by atoms with van der Waals surface area (Å²) >= 11 is 0. The zero-order valence-corrected chi connectivity index (χ0v) is 14.0. The Kier molecular flexibility index (Phi) is 4.86. The number of nitrogens with zero attached hydrogens (tertiary/aromatic N) is 2. The van der Waals surface area contributed by atoms with Crippen LogP contribution in [0, 0.1) is 0 Å². The highest BCUT2D eigenvalue weighted by Gasteiger charge is 2.29. The topological polar surface area (TPSA) is 47.7 Å². The van der Waals surface area contributed by atoms with E-state index in [1.165, 1.54) is 6.42 Å². The zero-order chi connectivity index (χ0) is 16.2. The monoisotopic (exact) mass is 316 g/mol. The van der Waals surface area contributed by atoms with E-state index in [2.05, 4.69) is 23.0 Å². The van der Waals surface area contributed by atoms with Crippen molar-refractivity contribution in [3.05, 3.63) is 41.3 Å². The predicted octanol–water partition coefficient (Wildman–Crippen LogP) is 3.59. The molecule has 1 aliphatic rings. The number of rotatable bonds is 6. The lowest BCUT2D eigenvalue weighted by molar-refractivity contribution is 0.204. The van der Waals surface area contributed by atoms with Crippen LogP contribution in [-0.4, -0.2) is 30.8 Å². The summed E-state index contributed by atoms with van der Waals surface area (Å²) < 4.78 is 16.4. The largest absolute Gasteiger partial charge is 0.497 e. The van der Waals surface area contributed by atoms with Crippen LogP contribution in [0.5, 0.6) is 11.5 Å². The van der Waals surface area contributed by atoms with Crippen molar-refractivity contribution in [3.63, 3.8) is 0 Å². The third-order valence-electron chi connectivity index (χ3n) is 4.49. The molecule has 0 amide bonds. The van der Waals surface area contributed by atoms with E-state index in [1.807, 2.05) is 18.2 Å².